The number of hydrogen-bond donors (Lipinski definition) is 0. The predicted octanol–water partition coefficient (Wildman–Crippen LogP) is 7.03. The van der Waals surface area contributed by atoms with Gasteiger partial charge in [0, 0.05) is 39.6 Å². The van der Waals surface area contributed by atoms with E-state index in [4.69, 9.17) is 9.97 Å². The molecule has 0 saturated carbocycles. The van der Waals surface area contributed by atoms with Gasteiger partial charge in [-0.2, -0.15) is 0 Å². The molecular weight excluding hydrogens is 378 g/mol. The van der Waals surface area contributed by atoms with Gasteiger partial charge in [0.25, 0.3) is 0 Å². The minimum absolute atomic E-state index is 0.947. The summed E-state index contributed by atoms with van der Waals surface area (Å²) in [6, 6.07) is 32.3. The van der Waals surface area contributed by atoms with Crippen LogP contribution < -0.4 is 0 Å². The molecule has 3 nitrogen and oxygen atoms in total. The summed E-state index contributed by atoms with van der Waals surface area (Å²) in [5.74, 6) is 0. The first kappa shape index (κ1) is 16.5. The van der Waals surface area contributed by atoms with Gasteiger partial charge in [-0.05, 0) is 41.1 Å². The number of rotatable bonds is 1. The molecule has 0 radical (unpaired) electrons. The molecule has 0 N–H and O–H groups in total. The molecule has 0 bridgehead atoms. The average molecular weight is 395 g/mol. The van der Waals surface area contributed by atoms with Crippen LogP contribution in [0.25, 0.3) is 60.1 Å². The van der Waals surface area contributed by atoms with Crippen LogP contribution in [0.3, 0.4) is 0 Å². The Bertz CT molecular complexity index is 1780. The fraction of sp³-hybridized carbons (Fsp3) is 0. The Morgan fingerprint density at radius 2 is 1.10 bits per heavy atom. The second-order valence-electron chi connectivity index (χ2n) is 7.90. The molecule has 3 heteroatoms. The fourth-order valence-corrected chi connectivity index (χ4v) is 4.95. The summed E-state index contributed by atoms with van der Waals surface area (Å²) < 4.78 is 2.35. The average Bonchev–Trinajstić information content (AvgIpc) is 3.17. The van der Waals surface area contributed by atoms with Gasteiger partial charge in [0.1, 0.15) is 0 Å². The highest BCUT2D eigenvalue weighted by molar-refractivity contribution is 6.27. The third-order valence-electron chi connectivity index (χ3n) is 6.25. The monoisotopic (exact) mass is 395 g/mol. The van der Waals surface area contributed by atoms with E-state index in [1.165, 1.54) is 32.6 Å². The van der Waals surface area contributed by atoms with E-state index >= 15 is 0 Å². The molecule has 0 atom stereocenters. The first-order valence-corrected chi connectivity index (χ1v) is 10.4. The predicted molar refractivity (Wildman–Crippen MR) is 129 cm³/mol. The van der Waals surface area contributed by atoms with Gasteiger partial charge in [0.15, 0.2) is 0 Å². The summed E-state index contributed by atoms with van der Waals surface area (Å²) in [6.45, 7) is 0. The number of fused-ring (bicyclic) bond motifs is 9. The SMILES string of the molecule is c1ccc(-n2c3ccccc3c3cc4c5ccccc5c5nccnc5c4cc32)cc1. The number of hydrogen-bond acceptors (Lipinski definition) is 2. The van der Waals surface area contributed by atoms with Crippen LogP contribution in [0.2, 0.25) is 0 Å². The van der Waals surface area contributed by atoms with Crippen molar-refractivity contribution >= 4 is 54.4 Å². The number of nitrogens with zero attached hydrogens (tertiary/aromatic N) is 3. The highest BCUT2D eigenvalue weighted by Gasteiger charge is 2.16. The Hall–Kier alpha value is -4.24. The van der Waals surface area contributed by atoms with Crippen LogP contribution in [0.5, 0.6) is 0 Å². The van der Waals surface area contributed by atoms with E-state index in [1.54, 1.807) is 12.4 Å². The Balaban J connectivity index is 1.78. The summed E-state index contributed by atoms with van der Waals surface area (Å²) in [5, 5.41) is 7.21. The van der Waals surface area contributed by atoms with E-state index < -0.39 is 0 Å². The standard InChI is InChI=1S/C28H17N3/c1-2-8-18(9-3-1)31-25-13-7-6-11-20(25)23-16-22-19-10-4-5-12-21(19)27-28(30-15-14-29-27)24(22)17-26(23)31/h1-17H. The fourth-order valence-electron chi connectivity index (χ4n) is 4.95. The zero-order chi connectivity index (χ0) is 20.4. The van der Waals surface area contributed by atoms with E-state index in [0.29, 0.717) is 0 Å². The Labute approximate surface area is 178 Å². The van der Waals surface area contributed by atoms with Crippen LogP contribution in [-0.2, 0) is 0 Å². The minimum Gasteiger partial charge on any atom is -0.309 e. The van der Waals surface area contributed by atoms with Crippen molar-refractivity contribution in [2.75, 3.05) is 0 Å². The second-order valence-corrected chi connectivity index (χ2v) is 7.90. The Morgan fingerprint density at radius 1 is 0.452 bits per heavy atom. The molecule has 2 aromatic heterocycles. The first-order valence-electron chi connectivity index (χ1n) is 10.4. The highest BCUT2D eigenvalue weighted by atomic mass is 15.0. The van der Waals surface area contributed by atoms with Crippen LogP contribution in [0.15, 0.2) is 103 Å². The zero-order valence-electron chi connectivity index (χ0n) is 16.7. The molecule has 0 spiro atoms. The maximum Gasteiger partial charge on any atom is 0.0972 e. The molecule has 0 aliphatic heterocycles. The van der Waals surface area contributed by atoms with Crippen molar-refractivity contribution in [1.82, 2.24) is 14.5 Å². The molecule has 31 heavy (non-hydrogen) atoms. The van der Waals surface area contributed by atoms with Crippen molar-refractivity contribution in [3.05, 3.63) is 103 Å². The minimum atomic E-state index is 0.947. The van der Waals surface area contributed by atoms with E-state index in [9.17, 15) is 0 Å². The lowest BCUT2D eigenvalue weighted by atomic mass is 9.97. The summed E-state index contributed by atoms with van der Waals surface area (Å²) in [4.78, 5) is 9.44. The van der Waals surface area contributed by atoms with Crippen LogP contribution >= 0.6 is 0 Å². The lowest BCUT2D eigenvalue weighted by Crippen LogP contribution is -1.94. The van der Waals surface area contributed by atoms with E-state index in [0.717, 1.165) is 27.5 Å². The van der Waals surface area contributed by atoms with E-state index in [2.05, 4.69) is 95.6 Å². The number of aromatic nitrogens is 3. The Morgan fingerprint density at radius 3 is 1.90 bits per heavy atom. The third-order valence-corrected chi connectivity index (χ3v) is 6.25. The van der Waals surface area contributed by atoms with Crippen molar-refractivity contribution in [2.24, 2.45) is 0 Å². The van der Waals surface area contributed by atoms with Gasteiger partial charge < -0.3 is 4.57 Å². The molecule has 0 aliphatic rings. The Kier molecular flexibility index (Phi) is 3.27. The maximum atomic E-state index is 4.75. The van der Waals surface area contributed by atoms with Crippen LogP contribution in [0.4, 0.5) is 0 Å². The van der Waals surface area contributed by atoms with Crippen LogP contribution in [0.1, 0.15) is 0 Å². The first-order chi connectivity index (χ1) is 15.4. The summed E-state index contributed by atoms with van der Waals surface area (Å²) in [5.41, 5.74) is 5.44. The van der Waals surface area contributed by atoms with Gasteiger partial charge in [0.2, 0.25) is 0 Å². The van der Waals surface area contributed by atoms with Gasteiger partial charge >= 0.3 is 0 Å². The molecule has 0 unspecified atom stereocenters. The van der Waals surface area contributed by atoms with E-state index in [-0.39, 0.29) is 0 Å². The van der Waals surface area contributed by atoms with Crippen molar-refractivity contribution in [3.8, 4) is 5.69 Å². The zero-order valence-corrected chi connectivity index (χ0v) is 16.7. The van der Waals surface area contributed by atoms with E-state index in [1.807, 2.05) is 0 Å². The smallest absolute Gasteiger partial charge is 0.0972 e. The van der Waals surface area contributed by atoms with Gasteiger partial charge in [0.05, 0.1) is 22.1 Å². The molecule has 0 amide bonds. The summed E-state index contributed by atoms with van der Waals surface area (Å²) in [7, 11) is 0. The van der Waals surface area contributed by atoms with Gasteiger partial charge in [-0.25, -0.2) is 0 Å². The maximum absolute atomic E-state index is 4.75. The van der Waals surface area contributed by atoms with Crippen molar-refractivity contribution in [1.29, 1.82) is 0 Å². The molecule has 2 heterocycles. The van der Waals surface area contributed by atoms with Crippen molar-refractivity contribution in [2.45, 2.75) is 0 Å². The molecule has 5 aromatic carbocycles. The lowest BCUT2D eigenvalue weighted by molar-refractivity contribution is 1.18. The normalized spacial score (nSPS) is 11.9. The molecular formula is C28H17N3. The molecule has 7 aromatic rings. The quantitative estimate of drug-likeness (QED) is 0.279. The molecule has 0 saturated heterocycles. The van der Waals surface area contributed by atoms with Gasteiger partial charge in [-0.1, -0.05) is 60.7 Å². The highest BCUT2D eigenvalue weighted by Crippen LogP contribution is 2.39. The second kappa shape index (κ2) is 6.13. The van der Waals surface area contributed by atoms with Crippen molar-refractivity contribution in [3.63, 3.8) is 0 Å². The number of benzene rings is 5. The van der Waals surface area contributed by atoms with Gasteiger partial charge in [-0.3, -0.25) is 9.97 Å². The molecule has 0 fully saturated rings. The van der Waals surface area contributed by atoms with Crippen LogP contribution in [0, 0.1) is 0 Å². The summed E-state index contributed by atoms with van der Waals surface area (Å²) >= 11 is 0. The number of para-hydroxylation sites is 2. The van der Waals surface area contributed by atoms with Crippen LogP contribution in [-0.4, -0.2) is 14.5 Å². The molecule has 144 valence electrons. The third kappa shape index (κ3) is 2.23. The topological polar surface area (TPSA) is 30.7 Å². The summed E-state index contributed by atoms with van der Waals surface area (Å²) in [6.07, 6.45) is 3.56. The molecule has 0 aliphatic carbocycles. The largest absolute Gasteiger partial charge is 0.309 e. The molecule has 7 rings (SSSR count). The van der Waals surface area contributed by atoms with Gasteiger partial charge in [-0.15, -0.1) is 0 Å². The van der Waals surface area contributed by atoms with Crippen molar-refractivity contribution < 1.29 is 0 Å². The lowest BCUT2D eigenvalue weighted by Gasteiger charge is -2.11.